The number of hydrogen-bond acceptors (Lipinski definition) is 5. The molecule has 7 heteroatoms. The number of hydrogen-bond donors (Lipinski definition) is 2. The number of methoxy groups -OCH3 is 1. The third kappa shape index (κ3) is 3.40. The number of aromatic nitrogens is 2. The minimum atomic E-state index is -0.297. The molecule has 0 aliphatic heterocycles. The standard InChI is InChI=1S/C14H26ClN5O/c1-19(2)8-9-20-12(11(15)10-17-20)13(18-16)14(21-3)6-4-5-7-14/h10,13,18H,4-9,16H2,1-3H3. The van der Waals surface area contributed by atoms with E-state index in [0.29, 0.717) is 5.02 Å². The predicted octanol–water partition coefficient (Wildman–Crippen LogP) is 1.56. The normalized spacial score (nSPS) is 19.3. The van der Waals surface area contributed by atoms with Crippen LogP contribution in [0.15, 0.2) is 6.20 Å². The van der Waals surface area contributed by atoms with E-state index in [1.165, 1.54) is 0 Å². The lowest BCUT2D eigenvalue weighted by molar-refractivity contribution is -0.0391. The van der Waals surface area contributed by atoms with Crippen LogP contribution >= 0.6 is 11.6 Å². The minimum Gasteiger partial charge on any atom is -0.376 e. The SMILES string of the molecule is COC1(C(NN)c2c(Cl)cnn2CCN(C)C)CCCC1. The first-order chi connectivity index (χ1) is 10.0. The van der Waals surface area contributed by atoms with Gasteiger partial charge in [0.1, 0.15) is 0 Å². The Kier molecular flexibility index (Phi) is 5.62. The molecule has 0 radical (unpaired) electrons. The lowest BCUT2D eigenvalue weighted by Crippen LogP contribution is -2.47. The van der Waals surface area contributed by atoms with E-state index in [-0.39, 0.29) is 11.6 Å². The Hall–Kier alpha value is -0.660. The van der Waals surface area contributed by atoms with Crippen molar-refractivity contribution in [3.8, 4) is 0 Å². The first-order valence-electron chi connectivity index (χ1n) is 7.41. The van der Waals surface area contributed by atoms with Crippen LogP contribution in [0.2, 0.25) is 5.02 Å². The quantitative estimate of drug-likeness (QED) is 0.590. The number of likely N-dealkylation sites (N-methyl/N-ethyl adjacent to an activating group) is 1. The molecule has 0 amide bonds. The van der Waals surface area contributed by atoms with Crippen molar-refractivity contribution in [1.29, 1.82) is 0 Å². The molecule has 6 nitrogen and oxygen atoms in total. The summed E-state index contributed by atoms with van der Waals surface area (Å²) < 4.78 is 7.79. The van der Waals surface area contributed by atoms with Gasteiger partial charge in [-0.25, -0.2) is 5.43 Å². The lowest BCUT2D eigenvalue weighted by Gasteiger charge is -2.36. The zero-order valence-corrected chi connectivity index (χ0v) is 13.9. The van der Waals surface area contributed by atoms with Crippen molar-refractivity contribution in [2.24, 2.45) is 5.84 Å². The van der Waals surface area contributed by atoms with Crippen LogP contribution in [0.1, 0.15) is 37.4 Å². The van der Waals surface area contributed by atoms with E-state index in [4.69, 9.17) is 22.2 Å². The number of hydrazine groups is 1. The monoisotopic (exact) mass is 315 g/mol. The lowest BCUT2D eigenvalue weighted by atomic mass is 9.90. The van der Waals surface area contributed by atoms with Gasteiger partial charge in [0, 0.05) is 13.7 Å². The average Bonchev–Trinajstić information content (AvgIpc) is 3.07. The van der Waals surface area contributed by atoms with E-state index in [0.717, 1.165) is 44.5 Å². The summed E-state index contributed by atoms with van der Waals surface area (Å²) in [6, 6.07) is -0.151. The molecule has 1 aliphatic rings. The highest BCUT2D eigenvalue weighted by Crippen LogP contribution is 2.43. The van der Waals surface area contributed by atoms with Gasteiger partial charge >= 0.3 is 0 Å². The fourth-order valence-electron chi connectivity index (χ4n) is 3.20. The fourth-order valence-corrected chi connectivity index (χ4v) is 3.45. The maximum Gasteiger partial charge on any atom is 0.0933 e. The van der Waals surface area contributed by atoms with Crippen molar-refractivity contribution in [2.75, 3.05) is 27.7 Å². The van der Waals surface area contributed by atoms with Crippen LogP contribution in [-0.2, 0) is 11.3 Å². The summed E-state index contributed by atoms with van der Waals surface area (Å²) in [5, 5.41) is 5.04. The molecule has 1 aromatic heterocycles. The molecular weight excluding hydrogens is 290 g/mol. The van der Waals surface area contributed by atoms with Gasteiger partial charge in [-0.15, -0.1) is 0 Å². The second kappa shape index (κ2) is 7.07. The first kappa shape index (κ1) is 16.7. The van der Waals surface area contributed by atoms with Gasteiger partial charge in [0.25, 0.3) is 0 Å². The van der Waals surface area contributed by atoms with Crippen LogP contribution in [0.4, 0.5) is 0 Å². The van der Waals surface area contributed by atoms with Gasteiger partial charge in [-0.2, -0.15) is 5.10 Å². The van der Waals surface area contributed by atoms with Crippen molar-refractivity contribution >= 4 is 11.6 Å². The van der Waals surface area contributed by atoms with Crippen LogP contribution in [0.3, 0.4) is 0 Å². The van der Waals surface area contributed by atoms with E-state index in [9.17, 15) is 0 Å². The van der Waals surface area contributed by atoms with Gasteiger partial charge in [0.15, 0.2) is 0 Å². The maximum atomic E-state index is 6.38. The molecule has 1 aliphatic carbocycles. The summed E-state index contributed by atoms with van der Waals surface area (Å²) in [5.74, 6) is 5.86. The van der Waals surface area contributed by atoms with Gasteiger partial charge in [-0.05, 0) is 26.9 Å². The minimum absolute atomic E-state index is 0.151. The third-order valence-corrected chi connectivity index (χ3v) is 4.71. The van der Waals surface area contributed by atoms with E-state index in [2.05, 4.69) is 15.4 Å². The highest BCUT2D eigenvalue weighted by Gasteiger charge is 2.44. The molecule has 0 spiro atoms. The van der Waals surface area contributed by atoms with Crippen LogP contribution in [0.25, 0.3) is 0 Å². The zero-order chi connectivity index (χ0) is 15.5. The highest BCUT2D eigenvalue weighted by molar-refractivity contribution is 6.31. The first-order valence-corrected chi connectivity index (χ1v) is 7.79. The molecule has 1 unspecified atom stereocenters. The fraction of sp³-hybridized carbons (Fsp3) is 0.786. The summed E-state index contributed by atoms with van der Waals surface area (Å²) >= 11 is 6.38. The summed E-state index contributed by atoms with van der Waals surface area (Å²) in [5.41, 5.74) is 3.55. The molecule has 0 aromatic carbocycles. The Morgan fingerprint density at radius 1 is 1.52 bits per heavy atom. The summed E-state index contributed by atoms with van der Waals surface area (Å²) in [4.78, 5) is 2.12. The summed E-state index contributed by atoms with van der Waals surface area (Å²) in [6.07, 6.45) is 5.95. The Bertz CT molecular complexity index is 456. The van der Waals surface area contributed by atoms with Crippen LogP contribution in [-0.4, -0.2) is 48.0 Å². The Morgan fingerprint density at radius 2 is 2.19 bits per heavy atom. The van der Waals surface area contributed by atoms with Gasteiger partial charge in [-0.3, -0.25) is 10.5 Å². The van der Waals surface area contributed by atoms with Crippen molar-refractivity contribution in [1.82, 2.24) is 20.1 Å². The number of halogens is 1. The molecule has 1 heterocycles. The van der Waals surface area contributed by atoms with Crippen LogP contribution < -0.4 is 11.3 Å². The number of nitrogens with one attached hydrogen (secondary N) is 1. The maximum absolute atomic E-state index is 6.38. The molecule has 2 rings (SSSR count). The Morgan fingerprint density at radius 3 is 2.71 bits per heavy atom. The number of nitrogens with zero attached hydrogens (tertiary/aromatic N) is 3. The van der Waals surface area contributed by atoms with E-state index in [1.54, 1.807) is 13.3 Å². The highest BCUT2D eigenvalue weighted by atomic mass is 35.5. The van der Waals surface area contributed by atoms with Crippen molar-refractivity contribution in [3.63, 3.8) is 0 Å². The van der Waals surface area contributed by atoms with Crippen LogP contribution in [0.5, 0.6) is 0 Å². The van der Waals surface area contributed by atoms with Gasteiger partial charge in [0.05, 0.1) is 35.1 Å². The zero-order valence-electron chi connectivity index (χ0n) is 13.1. The second-order valence-corrected chi connectivity index (χ2v) is 6.39. The van der Waals surface area contributed by atoms with Gasteiger partial charge in [0.2, 0.25) is 0 Å². The van der Waals surface area contributed by atoms with Crippen molar-refractivity contribution in [2.45, 2.75) is 43.9 Å². The Labute approximate surface area is 131 Å². The molecular formula is C14H26ClN5O. The van der Waals surface area contributed by atoms with Crippen molar-refractivity contribution in [3.05, 3.63) is 16.9 Å². The van der Waals surface area contributed by atoms with E-state index in [1.807, 2.05) is 18.8 Å². The van der Waals surface area contributed by atoms with Crippen molar-refractivity contribution < 1.29 is 4.74 Å². The average molecular weight is 316 g/mol. The molecule has 1 aromatic rings. The second-order valence-electron chi connectivity index (χ2n) is 5.98. The Balaban J connectivity index is 2.31. The molecule has 0 saturated heterocycles. The summed E-state index contributed by atoms with van der Waals surface area (Å²) in [7, 11) is 5.83. The van der Waals surface area contributed by atoms with Crippen LogP contribution in [0, 0.1) is 0 Å². The van der Waals surface area contributed by atoms with E-state index >= 15 is 0 Å². The topological polar surface area (TPSA) is 68.3 Å². The molecule has 21 heavy (non-hydrogen) atoms. The molecule has 1 fully saturated rings. The third-order valence-electron chi connectivity index (χ3n) is 4.41. The van der Waals surface area contributed by atoms with Gasteiger partial charge < -0.3 is 9.64 Å². The summed E-state index contributed by atoms with van der Waals surface area (Å²) in [6.45, 7) is 1.66. The van der Waals surface area contributed by atoms with E-state index < -0.39 is 0 Å². The molecule has 1 atom stereocenters. The largest absolute Gasteiger partial charge is 0.376 e. The number of ether oxygens (including phenoxy) is 1. The smallest absolute Gasteiger partial charge is 0.0933 e. The van der Waals surface area contributed by atoms with Gasteiger partial charge in [-0.1, -0.05) is 24.4 Å². The predicted molar refractivity (Wildman–Crippen MR) is 84.1 cm³/mol. The number of nitrogens with two attached hydrogens (primary N) is 1. The molecule has 3 N–H and O–H groups in total. The molecule has 120 valence electrons. The molecule has 0 bridgehead atoms. The molecule has 1 saturated carbocycles. The number of rotatable bonds is 7.